The maximum absolute atomic E-state index is 13.2. The highest BCUT2D eigenvalue weighted by molar-refractivity contribution is 6.25. The van der Waals surface area contributed by atoms with Crippen molar-refractivity contribution in [3.63, 3.8) is 0 Å². The summed E-state index contributed by atoms with van der Waals surface area (Å²) in [6, 6.07) is 17.6. The lowest BCUT2D eigenvalue weighted by atomic mass is 9.86. The Balaban J connectivity index is 1.52. The second kappa shape index (κ2) is 8.46. The molecule has 2 heterocycles. The standard InChI is InChI=1S/C22H25N3O2/c26-21-18-9-4-5-10-19(18)24-22(20(21)17-7-2-1-3-8-17)23-11-6-12-25-13-15-27-16-14-25/h1-5,7-10,20H,6,11-16H2,(H,23,24). The smallest absolute Gasteiger partial charge is 0.179 e. The zero-order valence-corrected chi connectivity index (χ0v) is 15.4. The van der Waals surface area contributed by atoms with Gasteiger partial charge in [-0.05, 0) is 24.1 Å². The van der Waals surface area contributed by atoms with Crippen LogP contribution in [0.25, 0.3) is 0 Å². The first-order valence-electron chi connectivity index (χ1n) is 9.62. The summed E-state index contributed by atoms with van der Waals surface area (Å²) in [5, 5.41) is 3.41. The summed E-state index contributed by atoms with van der Waals surface area (Å²) in [5.74, 6) is 0.513. The average Bonchev–Trinajstić information content (AvgIpc) is 2.73. The number of Topliss-reactive ketones (excluding diaryl/α,β-unsaturated/α-hetero) is 1. The first-order chi connectivity index (χ1) is 13.3. The molecule has 2 aliphatic heterocycles. The van der Waals surface area contributed by atoms with Crippen molar-refractivity contribution in [1.82, 2.24) is 4.90 Å². The van der Waals surface area contributed by atoms with E-state index in [9.17, 15) is 4.79 Å². The second-order valence-corrected chi connectivity index (χ2v) is 6.95. The third kappa shape index (κ3) is 4.10. The lowest BCUT2D eigenvalue weighted by Crippen LogP contribution is -2.37. The van der Waals surface area contributed by atoms with E-state index < -0.39 is 0 Å². The van der Waals surface area contributed by atoms with Crippen molar-refractivity contribution in [1.29, 1.82) is 0 Å². The highest BCUT2D eigenvalue weighted by Crippen LogP contribution is 2.32. The van der Waals surface area contributed by atoms with E-state index in [2.05, 4.69) is 10.2 Å². The molecule has 5 heteroatoms. The fraction of sp³-hybridized carbons (Fsp3) is 0.364. The van der Waals surface area contributed by atoms with Crippen LogP contribution in [0.3, 0.4) is 0 Å². The van der Waals surface area contributed by atoms with E-state index in [1.165, 1.54) is 0 Å². The Bertz CT molecular complexity index is 813. The summed E-state index contributed by atoms with van der Waals surface area (Å²) < 4.78 is 5.39. The van der Waals surface area contributed by atoms with Gasteiger partial charge in [0.05, 0.1) is 18.9 Å². The van der Waals surface area contributed by atoms with E-state index in [1.807, 2.05) is 54.6 Å². The number of anilines is 1. The van der Waals surface area contributed by atoms with Crippen LogP contribution in [0.2, 0.25) is 0 Å². The molecule has 0 radical (unpaired) electrons. The van der Waals surface area contributed by atoms with E-state index in [4.69, 9.17) is 9.73 Å². The van der Waals surface area contributed by atoms with Crippen molar-refractivity contribution in [2.45, 2.75) is 12.3 Å². The lowest BCUT2D eigenvalue weighted by Gasteiger charge is -2.28. The number of carbonyl (C=O) groups excluding carboxylic acids is 1. The largest absolute Gasteiger partial charge is 0.379 e. The van der Waals surface area contributed by atoms with Gasteiger partial charge in [-0.2, -0.15) is 0 Å². The Labute approximate surface area is 160 Å². The number of ether oxygens (including phenoxy) is 1. The van der Waals surface area contributed by atoms with Crippen molar-refractivity contribution in [2.24, 2.45) is 4.99 Å². The van der Waals surface area contributed by atoms with Crippen molar-refractivity contribution >= 4 is 17.3 Å². The van der Waals surface area contributed by atoms with Crippen molar-refractivity contribution in [2.75, 3.05) is 44.7 Å². The number of hydrogen-bond acceptors (Lipinski definition) is 4. The van der Waals surface area contributed by atoms with Gasteiger partial charge in [-0.3, -0.25) is 14.7 Å². The minimum absolute atomic E-state index is 0.113. The van der Waals surface area contributed by atoms with Gasteiger partial charge < -0.3 is 10.1 Å². The zero-order chi connectivity index (χ0) is 18.5. The Hall–Kier alpha value is -2.50. The maximum Gasteiger partial charge on any atom is 0.179 e. The van der Waals surface area contributed by atoms with E-state index in [1.54, 1.807) is 0 Å². The van der Waals surface area contributed by atoms with Crippen LogP contribution >= 0.6 is 0 Å². The molecular formula is C22H25N3O2. The van der Waals surface area contributed by atoms with Gasteiger partial charge in [0.15, 0.2) is 5.78 Å². The molecule has 1 saturated heterocycles. The van der Waals surface area contributed by atoms with Gasteiger partial charge in [0.1, 0.15) is 11.8 Å². The van der Waals surface area contributed by atoms with Crippen LogP contribution in [-0.2, 0) is 4.74 Å². The average molecular weight is 363 g/mol. The number of fused-ring (bicyclic) bond motifs is 1. The van der Waals surface area contributed by atoms with Gasteiger partial charge in [0.2, 0.25) is 0 Å². The summed E-state index contributed by atoms with van der Waals surface area (Å²) >= 11 is 0. The second-order valence-electron chi connectivity index (χ2n) is 6.95. The number of hydrogen-bond donors (Lipinski definition) is 1. The van der Waals surface area contributed by atoms with Crippen LogP contribution in [0.5, 0.6) is 0 Å². The monoisotopic (exact) mass is 363 g/mol. The molecule has 0 bridgehead atoms. The van der Waals surface area contributed by atoms with Gasteiger partial charge in [0.25, 0.3) is 0 Å². The quantitative estimate of drug-likeness (QED) is 0.829. The number of carbonyl (C=O) groups is 1. The number of ketones is 1. The molecule has 2 aromatic rings. The number of morpholine rings is 1. The normalized spacial score (nSPS) is 21.7. The molecule has 1 unspecified atom stereocenters. The highest BCUT2D eigenvalue weighted by atomic mass is 16.5. The number of nitrogens with zero attached hydrogens (tertiary/aromatic N) is 2. The Morgan fingerprint density at radius 3 is 2.59 bits per heavy atom. The molecule has 1 N–H and O–H groups in total. The molecule has 1 atom stereocenters. The topological polar surface area (TPSA) is 53.9 Å². The zero-order valence-electron chi connectivity index (χ0n) is 15.4. The predicted molar refractivity (Wildman–Crippen MR) is 108 cm³/mol. The molecule has 4 rings (SSSR count). The van der Waals surface area contributed by atoms with Crippen LogP contribution in [0.15, 0.2) is 59.6 Å². The van der Waals surface area contributed by atoms with Crippen molar-refractivity contribution in [3.05, 3.63) is 65.7 Å². The number of amidine groups is 1. The van der Waals surface area contributed by atoms with Gasteiger partial charge in [-0.25, -0.2) is 0 Å². The van der Waals surface area contributed by atoms with Gasteiger partial charge >= 0.3 is 0 Å². The molecule has 0 aliphatic carbocycles. The molecule has 2 aromatic carbocycles. The molecule has 0 aromatic heterocycles. The van der Waals surface area contributed by atoms with E-state index in [0.717, 1.165) is 61.9 Å². The first kappa shape index (κ1) is 17.9. The Kier molecular flexibility index (Phi) is 5.61. The number of aliphatic imine (C=N–C) groups is 1. The van der Waals surface area contributed by atoms with E-state index in [0.29, 0.717) is 6.54 Å². The third-order valence-electron chi connectivity index (χ3n) is 5.14. The third-order valence-corrected chi connectivity index (χ3v) is 5.14. The van der Waals surface area contributed by atoms with Crippen LogP contribution in [0, 0.1) is 0 Å². The molecule has 5 nitrogen and oxygen atoms in total. The fourth-order valence-corrected chi connectivity index (χ4v) is 3.70. The molecule has 0 spiro atoms. The summed E-state index contributed by atoms with van der Waals surface area (Å²) in [6.45, 7) is 5.34. The SMILES string of the molecule is O=C1c2ccccc2NC(=NCCCN2CCOCC2)C1c1ccccc1. The molecular weight excluding hydrogens is 338 g/mol. The molecule has 2 aliphatic rings. The minimum Gasteiger partial charge on any atom is -0.379 e. The van der Waals surface area contributed by atoms with Crippen molar-refractivity contribution < 1.29 is 9.53 Å². The molecule has 1 fully saturated rings. The number of nitrogens with one attached hydrogen (secondary N) is 1. The van der Waals surface area contributed by atoms with E-state index >= 15 is 0 Å². The highest BCUT2D eigenvalue weighted by Gasteiger charge is 2.33. The molecule has 27 heavy (non-hydrogen) atoms. The van der Waals surface area contributed by atoms with Gasteiger partial charge in [-0.15, -0.1) is 0 Å². The fourth-order valence-electron chi connectivity index (χ4n) is 3.70. The van der Waals surface area contributed by atoms with Crippen LogP contribution in [0.4, 0.5) is 5.69 Å². The molecule has 0 saturated carbocycles. The van der Waals surface area contributed by atoms with Crippen LogP contribution in [-0.4, -0.2) is 55.9 Å². The summed E-state index contributed by atoms with van der Waals surface area (Å²) in [5.41, 5.74) is 2.57. The molecule has 0 amide bonds. The van der Waals surface area contributed by atoms with Gasteiger partial charge in [-0.1, -0.05) is 42.5 Å². The first-order valence-corrected chi connectivity index (χ1v) is 9.62. The Morgan fingerprint density at radius 1 is 1.04 bits per heavy atom. The molecule has 140 valence electrons. The summed E-state index contributed by atoms with van der Waals surface area (Å²) in [7, 11) is 0. The maximum atomic E-state index is 13.2. The van der Waals surface area contributed by atoms with Crippen LogP contribution in [0.1, 0.15) is 28.3 Å². The van der Waals surface area contributed by atoms with Crippen LogP contribution < -0.4 is 5.32 Å². The Morgan fingerprint density at radius 2 is 1.78 bits per heavy atom. The van der Waals surface area contributed by atoms with Crippen molar-refractivity contribution in [3.8, 4) is 0 Å². The van der Waals surface area contributed by atoms with E-state index in [-0.39, 0.29) is 11.7 Å². The lowest BCUT2D eigenvalue weighted by molar-refractivity contribution is 0.0377. The van der Waals surface area contributed by atoms with Gasteiger partial charge in [0, 0.05) is 31.7 Å². The number of para-hydroxylation sites is 1. The number of benzene rings is 2. The number of rotatable bonds is 5. The summed E-state index contributed by atoms with van der Waals surface area (Å²) in [4.78, 5) is 20.4. The summed E-state index contributed by atoms with van der Waals surface area (Å²) in [6.07, 6.45) is 0.975. The minimum atomic E-state index is -0.357. The predicted octanol–water partition coefficient (Wildman–Crippen LogP) is 3.20.